The van der Waals surface area contributed by atoms with Crippen LogP contribution in [0.1, 0.15) is 24.8 Å². The SMILES string of the molecule is C[C@@H](CNC(=O)CCNS(=O)(=O)c1ccc([N+](=O)[O-])cc1)c1ccccc1. The average Bonchev–Trinajstić information content (AvgIpc) is 2.66. The van der Waals surface area contributed by atoms with Crippen LogP contribution in [-0.2, 0) is 14.8 Å². The molecule has 0 saturated carbocycles. The smallest absolute Gasteiger partial charge is 0.269 e. The summed E-state index contributed by atoms with van der Waals surface area (Å²) < 4.78 is 26.6. The number of sulfonamides is 1. The second-order valence-electron chi connectivity index (χ2n) is 6.01. The maximum Gasteiger partial charge on any atom is 0.269 e. The molecule has 0 radical (unpaired) electrons. The predicted molar refractivity (Wildman–Crippen MR) is 101 cm³/mol. The molecule has 2 N–H and O–H groups in total. The number of hydrogen-bond acceptors (Lipinski definition) is 5. The van der Waals surface area contributed by atoms with Crippen LogP contribution in [-0.4, -0.2) is 32.3 Å². The minimum Gasteiger partial charge on any atom is -0.355 e. The number of benzene rings is 2. The molecular weight excluding hydrogens is 370 g/mol. The van der Waals surface area contributed by atoms with Gasteiger partial charge in [-0.05, 0) is 23.6 Å². The molecule has 8 nitrogen and oxygen atoms in total. The lowest BCUT2D eigenvalue weighted by Gasteiger charge is -2.13. The van der Waals surface area contributed by atoms with E-state index in [1.165, 1.54) is 0 Å². The highest BCUT2D eigenvalue weighted by Crippen LogP contribution is 2.15. The molecule has 0 aromatic heterocycles. The molecule has 0 aliphatic carbocycles. The first kappa shape index (κ1) is 20.5. The number of rotatable bonds is 9. The topological polar surface area (TPSA) is 118 Å². The molecule has 144 valence electrons. The van der Waals surface area contributed by atoms with Crippen LogP contribution in [0.4, 0.5) is 5.69 Å². The van der Waals surface area contributed by atoms with Crippen LogP contribution in [0.15, 0.2) is 59.5 Å². The van der Waals surface area contributed by atoms with Gasteiger partial charge in [0, 0.05) is 31.6 Å². The summed E-state index contributed by atoms with van der Waals surface area (Å²) in [5.41, 5.74) is 0.914. The highest BCUT2D eigenvalue weighted by Gasteiger charge is 2.16. The van der Waals surface area contributed by atoms with Crippen LogP contribution in [0.5, 0.6) is 0 Å². The van der Waals surface area contributed by atoms with Gasteiger partial charge in [0.2, 0.25) is 15.9 Å². The van der Waals surface area contributed by atoms with Gasteiger partial charge in [-0.2, -0.15) is 0 Å². The minimum atomic E-state index is -3.83. The van der Waals surface area contributed by atoms with Crippen molar-refractivity contribution in [2.75, 3.05) is 13.1 Å². The molecule has 0 fully saturated rings. The van der Waals surface area contributed by atoms with Gasteiger partial charge in [0.1, 0.15) is 0 Å². The van der Waals surface area contributed by atoms with E-state index in [1.807, 2.05) is 37.3 Å². The van der Waals surface area contributed by atoms with Crippen molar-refractivity contribution in [3.05, 3.63) is 70.3 Å². The van der Waals surface area contributed by atoms with Gasteiger partial charge in [0.05, 0.1) is 9.82 Å². The molecule has 0 bridgehead atoms. The Morgan fingerprint density at radius 3 is 2.33 bits per heavy atom. The number of nitro groups is 1. The summed E-state index contributed by atoms with van der Waals surface area (Å²) in [7, 11) is -3.83. The number of amides is 1. The van der Waals surface area contributed by atoms with Gasteiger partial charge in [-0.1, -0.05) is 37.3 Å². The minimum absolute atomic E-state index is 0.00623. The first-order valence-electron chi connectivity index (χ1n) is 8.35. The molecule has 2 rings (SSSR count). The van der Waals surface area contributed by atoms with E-state index < -0.39 is 14.9 Å². The fraction of sp³-hybridized carbons (Fsp3) is 0.278. The Morgan fingerprint density at radius 1 is 1.11 bits per heavy atom. The van der Waals surface area contributed by atoms with Crippen LogP contribution < -0.4 is 10.0 Å². The number of nitro benzene ring substituents is 1. The van der Waals surface area contributed by atoms with Crippen molar-refractivity contribution in [3.8, 4) is 0 Å². The molecule has 2 aromatic carbocycles. The van der Waals surface area contributed by atoms with E-state index in [2.05, 4.69) is 10.0 Å². The molecule has 2 aromatic rings. The zero-order valence-electron chi connectivity index (χ0n) is 14.8. The Morgan fingerprint density at radius 2 is 1.74 bits per heavy atom. The summed E-state index contributed by atoms with van der Waals surface area (Å²) in [6.45, 7) is 2.38. The van der Waals surface area contributed by atoms with Crippen molar-refractivity contribution >= 4 is 21.6 Å². The quantitative estimate of drug-likeness (QED) is 0.502. The van der Waals surface area contributed by atoms with E-state index in [0.717, 1.165) is 29.8 Å². The number of carbonyl (C=O) groups excluding carboxylic acids is 1. The van der Waals surface area contributed by atoms with Gasteiger partial charge >= 0.3 is 0 Å². The lowest BCUT2D eigenvalue weighted by Crippen LogP contribution is -2.32. The fourth-order valence-electron chi connectivity index (χ4n) is 2.38. The van der Waals surface area contributed by atoms with Crippen LogP contribution in [0.2, 0.25) is 0 Å². The van der Waals surface area contributed by atoms with Crippen molar-refractivity contribution in [1.29, 1.82) is 0 Å². The summed E-state index contributed by atoms with van der Waals surface area (Å²) in [5, 5.41) is 13.4. The zero-order valence-corrected chi connectivity index (χ0v) is 15.6. The highest BCUT2D eigenvalue weighted by molar-refractivity contribution is 7.89. The van der Waals surface area contributed by atoms with E-state index in [0.29, 0.717) is 6.54 Å². The molecular formula is C18H21N3O5S. The predicted octanol–water partition coefficient (Wildman–Crippen LogP) is 2.18. The summed E-state index contributed by atoms with van der Waals surface area (Å²) in [4.78, 5) is 21.8. The third-order valence-corrected chi connectivity index (χ3v) is 5.45. The van der Waals surface area contributed by atoms with E-state index >= 15 is 0 Å². The van der Waals surface area contributed by atoms with E-state index in [4.69, 9.17) is 0 Å². The van der Waals surface area contributed by atoms with Crippen molar-refractivity contribution in [1.82, 2.24) is 10.0 Å². The van der Waals surface area contributed by atoms with Crippen LogP contribution in [0, 0.1) is 10.1 Å². The molecule has 0 aliphatic heterocycles. The van der Waals surface area contributed by atoms with Crippen LogP contribution in [0.3, 0.4) is 0 Å². The maximum absolute atomic E-state index is 12.1. The third kappa shape index (κ3) is 6.15. The van der Waals surface area contributed by atoms with Gasteiger partial charge < -0.3 is 5.32 Å². The molecule has 0 unspecified atom stereocenters. The molecule has 0 saturated heterocycles. The third-order valence-electron chi connectivity index (χ3n) is 3.98. The number of nitrogens with zero attached hydrogens (tertiary/aromatic N) is 1. The summed E-state index contributed by atoms with van der Waals surface area (Å²) >= 11 is 0. The van der Waals surface area contributed by atoms with Crippen molar-refractivity contribution < 1.29 is 18.1 Å². The summed E-state index contributed by atoms with van der Waals surface area (Å²) in [6.07, 6.45) is -0.00623. The largest absolute Gasteiger partial charge is 0.355 e. The maximum atomic E-state index is 12.1. The number of carbonyl (C=O) groups is 1. The van der Waals surface area contributed by atoms with E-state index in [1.54, 1.807) is 0 Å². The molecule has 9 heteroatoms. The second-order valence-corrected chi connectivity index (χ2v) is 7.78. The summed E-state index contributed by atoms with van der Waals surface area (Å²) in [5.74, 6) is -0.115. The second kappa shape index (κ2) is 9.24. The Kier molecular flexibility index (Phi) is 7.03. The van der Waals surface area contributed by atoms with Crippen molar-refractivity contribution in [2.45, 2.75) is 24.2 Å². The first-order valence-corrected chi connectivity index (χ1v) is 9.83. The normalized spacial score (nSPS) is 12.3. The molecule has 0 spiro atoms. The molecule has 1 atom stereocenters. The average molecular weight is 391 g/mol. The monoisotopic (exact) mass is 391 g/mol. The van der Waals surface area contributed by atoms with Gasteiger partial charge in [-0.15, -0.1) is 0 Å². The Hall–Kier alpha value is -2.78. The standard InChI is InChI=1S/C18H21N3O5S/c1-14(15-5-3-2-4-6-15)13-19-18(22)11-12-20-27(25,26)17-9-7-16(8-10-17)21(23)24/h2-10,14,20H,11-13H2,1H3,(H,19,22)/t14-/m0/s1. The van der Waals surface area contributed by atoms with Gasteiger partial charge in [-0.25, -0.2) is 13.1 Å². The van der Waals surface area contributed by atoms with Crippen molar-refractivity contribution in [2.24, 2.45) is 0 Å². The molecule has 0 heterocycles. The molecule has 27 heavy (non-hydrogen) atoms. The Balaban J connectivity index is 1.79. The lowest BCUT2D eigenvalue weighted by atomic mass is 10.0. The fourth-order valence-corrected chi connectivity index (χ4v) is 3.42. The van der Waals surface area contributed by atoms with Gasteiger partial charge in [0.25, 0.3) is 5.69 Å². The van der Waals surface area contributed by atoms with E-state index in [9.17, 15) is 23.3 Å². The summed E-state index contributed by atoms with van der Waals surface area (Å²) in [6, 6.07) is 14.3. The van der Waals surface area contributed by atoms with Crippen LogP contribution >= 0.6 is 0 Å². The van der Waals surface area contributed by atoms with Gasteiger partial charge in [0.15, 0.2) is 0 Å². The number of hydrogen-bond donors (Lipinski definition) is 2. The molecule has 0 aliphatic rings. The highest BCUT2D eigenvalue weighted by atomic mass is 32.2. The molecule has 1 amide bonds. The lowest BCUT2D eigenvalue weighted by molar-refractivity contribution is -0.384. The Bertz CT molecular complexity index is 883. The number of non-ortho nitro benzene ring substituents is 1. The van der Waals surface area contributed by atoms with Gasteiger partial charge in [-0.3, -0.25) is 14.9 Å². The Labute approximate surface area is 157 Å². The van der Waals surface area contributed by atoms with E-state index in [-0.39, 0.29) is 35.4 Å². The zero-order chi connectivity index (χ0) is 19.9. The van der Waals surface area contributed by atoms with Crippen LogP contribution in [0.25, 0.3) is 0 Å². The van der Waals surface area contributed by atoms with Crippen molar-refractivity contribution in [3.63, 3.8) is 0 Å². The first-order chi connectivity index (χ1) is 12.8. The number of nitrogens with one attached hydrogen (secondary N) is 2.